The van der Waals surface area contributed by atoms with Crippen molar-refractivity contribution < 1.29 is 14.7 Å². The van der Waals surface area contributed by atoms with Gasteiger partial charge in [-0.15, -0.1) is 0 Å². The average Bonchev–Trinajstić information content (AvgIpc) is 2.94. The second kappa shape index (κ2) is 5.48. The minimum absolute atomic E-state index is 0.0318. The number of aryl methyl sites for hydroxylation is 1. The van der Waals surface area contributed by atoms with Crippen molar-refractivity contribution in [2.75, 3.05) is 13.6 Å². The van der Waals surface area contributed by atoms with E-state index < -0.39 is 12.0 Å². The van der Waals surface area contributed by atoms with E-state index in [1.165, 1.54) is 9.80 Å². The van der Waals surface area contributed by atoms with E-state index in [1.54, 1.807) is 14.0 Å². The molecule has 0 aliphatic carbocycles. The molecule has 1 aliphatic rings. The highest BCUT2D eigenvalue weighted by Crippen LogP contribution is 2.25. The van der Waals surface area contributed by atoms with Gasteiger partial charge in [-0.1, -0.05) is 6.92 Å². The summed E-state index contributed by atoms with van der Waals surface area (Å²) in [6.07, 6.45) is 0.705. The Kier molecular flexibility index (Phi) is 3.91. The maximum absolute atomic E-state index is 12.3. The quantitative estimate of drug-likeness (QED) is 0.838. The number of aliphatic carboxylic acids is 1. The van der Waals surface area contributed by atoms with Crippen molar-refractivity contribution in [2.45, 2.75) is 32.9 Å². The van der Waals surface area contributed by atoms with Gasteiger partial charge in [-0.05, 0) is 19.3 Å². The van der Waals surface area contributed by atoms with Crippen LogP contribution < -0.4 is 0 Å². The van der Waals surface area contributed by atoms with Crippen LogP contribution in [0.3, 0.4) is 0 Å². The monoisotopic (exact) mass is 281 g/mol. The van der Waals surface area contributed by atoms with Crippen LogP contribution in [0.25, 0.3) is 0 Å². The number of H-pyrrole nitrogens is 1. The van der Waals surface area contributed by atoms with Gasteiger partial charge in [0.1, 0.15) is 11.9 Å². The Morgan fingerprint density at radius 3 is 2.80 bits per heavy atom. The number of carboxylic acid groups (broad SMARTS) is 1. The molecule has 1 fully saturated rings. The van der Waals surface area contributed by atoms with Gasteiger partial charge < -0.3 is 14.9 Å². The molecule has 20 heavy (non-hydrogen) atoms. The molecule has 1 aromatic rings. The Balaban J connectivity index is 2.04. The van der Waals surface area contributed by atoms with Crippen LogP contribution in [0.15, 0.2) is 0 Å². The van der Waals surface area contributed by atoms with Crippen molar-refractivity contribution in [1.29, 1.82) is 0 Å². The lowest BCUT2D eigenvalue weighted by Gasteiger charge is -2.28. The fourth-order valence-electron chi connectivity index (χ4n) is 2.50. The van der Waals surface area contributed by atoms with Crippen molar-refractivity contribution in [3.05, 3.63) is 11.6 Å². The minimum Gasteiger partial charge on any atom is -0.480 e. The third-order valence-corrected chi connectivity index (χ3v) is 3.55. The van der Waals surface area contributed by atoms with Gasteiger partial charge in [-0.2, -0.15) is 5.10 Å². The second-order valence-electron chi connectivity index (χ2n) is 5.22. The number of carboxylic acids is 1. The number of rotatable bonds is 3. The summed E-state index contributed by atoms with van der Waals surface area (Å²) in [6.45, 7) is 4.35. The summed E-state index contributed by atoms with van der Waals surface area (Å²) in [7, 11) is 1.62. The Morgan fingerprint density at radius 2 is 2.25 bits per heavy atom. The van der Waals surface area contributed by atoms with Crippen LogP contribution in [-0.4, -0.2) is 61.7 Å². The van der Waals surface area contributed by atoms with Crippen LogP contribution in [-0.2, 0) is 11.3 Å². The van der Waals surface area contributed by atoms with Gasteiger partial charge in [-0.3, -0.25) is 5.10 Å². The average molecular weight is 281 g/mol. The van der Waals surface area contributed by atoms with E-state index in [1.807, 2.05) is 6.92 Å². The molecular weight excluding hydrogens is 262 g/mol. The summed E-state index contributed by atoms with van der Waals surface area (Å²) < 4.78 is 0. The predicted molar refractivity (Wildman–Crippen MR) is 69.9 cm³/mol. The fraction of sp³-hybridized carbons (Fsp3) is 0.667. The summed E-state index contributed by atoms with van der Waals surface area (Å²) in [5.74, 6) is 0.206. The van der Waals surface area contributed by atoms with E-state index in [2.05, 4.69) is 15.2 Å². The molecule has 1 saturated heterocycles. The van der Waals surface area contributed by atoms with E-state index in [9.17, 15) is 14.7 Å². The standard InChI is InChI=1S/C12H19N5O3/c1-7-4-5-17(10(7)11(18)19)12(20)16(3)6-9-13-8(2)14-15-9/h7,10H,4-6H2,1-3H3,(H,18,19)(H,13,14,15). The first kappa shape index (κ1) is 14.3. The molecule has 2 atom stereocenters. The number of urea groups is 1. The lowest BCUT2D eigenvalue weighted by Crippen LogP contribution is -2.48. The van der Waals surface area contributed by atoms with Gasteiger partial charge in [0.05, 0.1) is 6.54 Å². The van der Waals surface area contributed by atoms with Gasteiger partial charge >= 0.3 is 12.0 Å². The normalized spacial score (nSPS) is 22.1. The molecule has 0 bridgehead atoms. The van der Waals surface area contributed by atoms with E-state index in [0.29, 0.717) is 24.6 Å². The molecule has 0 spiro atoms. The molecule has 2 N–H and O–H groups in total. The maximum atomic E-state index is 12.3. The zero-order valence-electron chi connectivity index (χ0n) is 11.8. The molecule has 8 heteroatoms. The summed E-state index contributed by atoms with van der Waals surface area (Å²) >= 11 is 0. The molecule has 2 unspecified atom stereocenters. The summed E-state index contributed by atoms with van der Waals surface area (Å²) in [5.41, 5.74) is 0. The molecule has 1 aliphatic heterocycles. The maximum Gasteiger partial charge on any atom is 0.326 e. The van der Waals surface area contributed by atoms with Crippen molar-refractivity contribution in [3.8, 4) is 0 Å². The number of carbonyl (C=O) groups is 2. The Morgan fingerprint density at radius 1 is 1.55 bits per heavy atom. The van der Waals surface area contributed by atoms with Crippen molar-refractivity contribution in [3.63, 3.8) is 0 Å². The number of amides is 2. The zero-order chi connectivity index (χ0) is 14.9. The van der Waals surface area contributed by atoms with E-state index in [0.717, 1.165) is 0 Å². The molecule has 1 aromatic heterocycles. The number of hydrogen-bond donors (Lipinski definition) is 2. The third kappa shape index (κ3) is 2.73. The largest absolute Gasteiger partial charge is 0.480 e. The number of nitrogens with one attached hydrogen (secondary N) is 1. The van der Waals surface area contributed by atoms with Gasteiger partial charge in [0.25, 0.3) is 0 Å². The molecule has 2 rings (SSSR count). The first-order chi connectivity index (χ1) is 9.40. The number of likely N-dealkylation sites (tertiary alicyclic amines) is 1. The minimum atomic E-state index is -0.953. The van der Waals surface area contributed by atoms with Crippen molar-refractivity contribution in [2.24, 2.45) is 5.92 Å². The van der Waals surface area contributed by atoms with E-state index >= 15 is 0 Å². The van der Waals surface area contributed by atoms with Gasteiger partial charge in [0.15, 0.2) is 5.82 Å². The highest BCUT2D eigenvalue weighted by molar-refractivity contribution is 5.83. The van der Waals surface area contributed by atoms with E-state index in [4.69, 9.17) is 0 Å². The third-order valence-electron chi connectivity index (χ3n) is 3.55. The summed E-state index contributed by atoms with van der Waals surface area (Å²) in [4.78, 5) is 30.6. The molecule has 110 valence electrons. The Labute approximate surface area is 116 Å². The van der Waals surface area contributed by atoms with Gasteiger partial charge in [0, 0.05) is 13.6 Å². The molecule has 0 radical (unpaired) electrons. The topological polar surface area (TPSA) is 102 Å². The molecule has 2 heterocycles. The fourth-order valence-corrected chi connectivity index (χ4v) is 2.50. The number of carbonyl (C=O) groups excluding carboxylic acids is 1. The smallest absolute Gasteiger partial charge is 0.326 e. The van der Waals surface area contributed by atoms with Crippen LogP contribution in [0, 0.1) is 12.8 Å². The predicted octanol–water partition coefficient (Wildman–Crippen LogP) is 0.460. The number of hydrogen-bond acceptors (Lipinski definition) is 4. The van der Waals surface area contributed by atoms with Crippen molar-refractivity contribution in [1.82, 2.24) is 25.0 Å². The second-order valence-corrected chi connectivity index (χ2v) is 5.22. The van der Waals surface area contributed by atoms with Crippen LogP contribution >= 0.6 is 0 Å². The van der Waals surface area contributed by atoms with Crippen LogP contribution in [0.5, 0.6) is 0 Å². The Hall–Kier alpha value is -2.12. The van der Waals surface area contributed by atoms with Crippen LogP contribution in [0.2, 0.25) is 0 Å². The zero-order valence-corrected chi connectivity index (χ0v) is 11.8. The number of aromatic amines is 1. The highest BCUT2D eigenvalue weighted by Gasteiger charge is 2.40. The molecule has 0 saturated carbocycles. The van der Waals surface area contributed by atoms with Crippen LogP contribution in [0.4, 0.5) is 4.79 Å². The molecule has 2 amide bonds. The SMILES string of the molecule is Cc1nc(CN(C)C(=O)N2CCC(C)C2C(=O)O)n[nH]1. The highest BCUT2D eigenvalue weighted by atomic mass is 16.4. The lowest BCUT2D eigenvalue weighted by molar-refractivity contribution is -0.142. The Bertz CT molecular complexity index is 515. The van der Waals surface area contributed by atoms with Crippen molar-refractivity contribution >= 4 is 12.0 Å². The van der Waals surface area contributed by atoms with Gasteiger partial charge in [0.2, 0.25) is 0 Å². The molecular formula is C12H19N5O3. The first-order valence-corrected chi connectivity index (χ1v) is 6.52. The van der Waals surface area contributed by atoms with Gasteiger partial charge in [-0.25, -0.2) is 14.6 Å². The number of aromatic nitrogens is 3. The lowest BCUT2D eigenvalue weighted by atomic mass is 10.0. The summed E-state index contributed by atoms with van der Waals surface area (Å²) in [5, 5.41) is 15.9. The number of nitrogens with zero attached hydrogens (tertiary/aromatic N) is 4. The molecule has 8 nitrogen and oxygen atoms in total. The van der Waals surface area contributed by atoms with E-state index in [-0.39, 0.29) is 18.5 Å². The first-order valence-electron chi connectivity index (χ1n) is 6.52. The summed E-state index contributed by atoms with van der Waals surface area (Å²) in [6, 6.07) is -1.05. The van der Waals surface area contributed by atoms with Crippen LogP contribution in [0.1, 0.15) is 25.0 Å². The molecule has 0 aromatic carbocycles.